The predicted molar refractivity (Wildman–Crippen MR) is 87.2 cm³/mol. The number of aliphatic hydroxyl groups is 1. The van der Waals surface area contributed by atoms with Crippen LogP contribution in [0.3, 0.4) is 0 Å². The predicted octanol–water partition coefficient (Wildman–Crippen LogP) is 1.60. The Bertz CT molecular complexity index is 794. The van der Waals surface area contributed by atoms with E-state index in [1.54, 1.807) is 6.08 Å². The largest absolute Gasteiger partial charge is 0.465 e. The number of hydrogen-bond acceptors (Lipinski definition) is 5. The Hall–Kier alpha value is -1.75. The minimum atomic E-state index is -1.19. The van der Waals surface area contributed by atoms with Gasteiger partial charge in [-0.3, -0.25) is 14.4 Å². The molecule has 6 atom stereocenters. The lowest BCUT2D eigenvalue weighted by molar-refractivity contribution is -0.239. The lowest BCUT2D eigenvalue weighted by atomic mass is 9.30. The highest BCUT2D eigenvalue weighted by atomic mass is 16.5. The van der Waals surface area contributed by atoms with E-state index in [-0.39, 0.29) is 35.5 Å². The first-order chi connectivity index (χ1) is 11.8. The second kappa shape index (κ2) is 4.32. The van der Waals surface area contributed by atoms with Crippen LogP contribution in [0.4, 0.5) is 0 Å². The first-order valence-electron chi connectivity index (χ1n) is 9.09. The van der Waals surface area contributed by atoms with Gasteiger partial charge < -0.3 is 9.84 Å². The summed E-state index contributed by atoms with van der Waals surface area (Å²) in [5.74, 6) is -2.04. The van der Waals surface area contributed by atoms with Crippen LogP contribution < -0.4 is 0 Å². The molecule has 5 heteroatoms. The van der Waals surface area contributed by atoms with E-state index in [0.717, 1.165) is 18.4 Å². The van der Waals surface area contributed by atoms with Crippen molar-refractivity contribution in [3.63, 3.8) is 0 Å². The van der Waals surface area contributed by atoms with E-state index in [2.05, 4.69) is 13.5 Å². The first kappa shape index (κ1) is 15.5. The van der Waals surface area contributed by atoms with Crippen LogP contribution in [0, 0.1) is 34.0 Å². The Morgan fingerprint density at radius 1 is 1.32 bits per heavy atom. The molecule has 1 spiro atoms. The number of rotatable bonds is 1. The lowest BCUT2D eigenvalue weighted by Gasteiger charge is -2.70. The Kier molecular flexibility index (Phi) is 2.68. The van der Waals surface area contributed by atoms with Crippen LogP contribution in [-0.2, 0) is 19.1 Å². The molecule has 0 aromatic heterocycles. The number of hydrogen-bond donors (Lipinski definition) is 1. The van der Waals surface area contributed by atoms with Gasteiger partial charge in [-0.2, -0.15) is 0 Å². The van der Waals surface area contributed by atoms with Crippen molar-refractivity contribution in [3.8, 4) is 0 Å². The van der Waals surface area contributed by atoms with E-state index < -0.39 is 22.7 Å². The maximum atomic E-state index is 13.4. The minimum Gasteiger partial charge on any atom is -0.465 e. The van der Waals surface area contributed by atoms with Crippen molar-refractivity contribution < 1.29 is 24.2 Å². The van der Waals surface area contributed by atoms with Gasteiger partial charge in [-0.1, -0.05) is 31.6 Å². The van der Waals surface area contributed by atoms with E-state index in [4.69, 9.17) is 4.74 Å². The maximum Gasteiger partial charge on any atom is 0.313 e. The first-order valence-corrected chi connectivity index (χ1v) is 9.09. The van der Waals surface area contributed by atoms with Crippen molar-refractivity contribution in [3.05, 3.63) is 23.8 Å². The second-order valence-corrected chi connectivity index (χ2v) is 8.91. The van der Waals surface area contributed by atoms with Crippen LogP contribution in [-0.4, -0.2) is 35.9 Å². The number of aliphatic hydroxyl groups excluding tert-OH is 1. The summed E-state index contributed by atoms with van der Waals surface area (Å²) < 4.78 is 5.62. The third-order valence-electron chi connectivity index (χ3n) is 7.85. The number of carbonyl (C=O) groups is 3. The summed E-state index contributed by atoms with van der Waals surface area (Å²) in [6.45, 7) is 5.84. The summed E-state index contributed by atoms with van der Waals surface area (Å²) in [6, 6.07) is 0. The Morgan fingerprint density at radius 3 is 2.80 bits per heavy atom. The number of carbonyl (C=O) groups excluding carboxylic acids is 3. The van der Waals surface area contributed by atoms with Crippen LogP contribution in [0.25, 0.3) is 0 Å². The van der Waals surface area contributed by atoms with E-state index in [1.165, 1.54) is 0 Å². The monoisotopic (exact) mass is 342 g/mol. The zero-order chi connectivity index (χ0) is 17.8. The topological polar surface area (TPSA) is 80.7 Å². The molecule has 132 valence electrons. The third kappa shape index (κ3) is 1.38. The molecule has 0 radical (unpaired) electrons. The van der Waals surface area contributed by atoms with Crippen molar-refractivity contribution in [1.82, 2.24) is 0 Å². The molecule has 5 aliphatic carbocycles. The molecule has 1 saturated heterocycles. The summed E-state index contributed by atoms with van der Waals surface area (Å²) in [4.78, 5) is 39.5. The zero-order valence-electron chi connectivity index (χ0n) is 14.3. The smallest absolute Gasteiger partial charge is 0.313 e. The number of esters is 1. The summed E-state index contributed by atoms with van der Waals surface area (Å²) in [7, 11) is 0. The fourth-order valence-corrected chi connectivity index (χ4v) is 7.18. The molecule has 4 fully saturated rings. The molecule has 1 heterocycles. The van der Waals surface area contributed by atoms with Crippen LogP contribution >= 0.6 is 0 Å². The second-order valence-electron chi connectivity index (χ2n) is 8.91. The van der Waals surface area contributed by atoms with Gasteiger partial charge in [0.15, 0.2) is 11.6 Å². The van der Waals surface area contributed by atoms with Gasteiger partial charge in [0.1, 0.15) is 5.41 Å². The average molecular weight is 342 g/mol. The van der Waals surface area contributed by atoms with E-state index >= 15 is 0 Å². The van der Waals surface area contributed by atoms with Gasteiger partial charge in [0.25, 0.3) is 0 Å². The van der Waals surface area contributed by atoms with Crippen molar-refractivity contribution in [2.24, 2.45) is 34.0 Å². The van der Waals surface area contributed by atoms with Gasteiger partial charge in [0, 0.05) is 22.8 Å². The molecular weight excluding hydrogens is 320 g/mol. The number of allylic oxidation sites excluding steroid dienone is 3. The molecule has 1 aliphatic heterocycles. The normalized spacial score (nSPS) is 50.3. The van der Waals surface area contributed by atoms with Crippen LogP contribution in [0.1, 0.15) is 32.6 Å². The molecule has 0 aromatic rings. The highest BCUT2D eigenvalue weighted by Crippen LogP contribution is 2.75. The number of ketones is 2. The molecule has 6 aliphatic rings. The van der Waals surface area contributed by atoms with Crippen LogP contribution in [0.15, 0.2) is 23.8 Å². The molecule has 5 nitrogen and oxygen atoms in total. The van der Waals surface area contributed by atoms with Gasteiger partial charge in [0.05, 0.1) is 18.6 Å². The Balaban J connectivity index is 1.81. The molecular formula is C20H22O5. The standard InChI is InChI=1S/C20H22O5/c1-10-6-11-7-20(15(10)22)13(11)19-5-3-4-18(2,9-25-17(19)24)14(19)12(8-21)16(20)23/h6,12-14,21H,1,3-5,7-9H2,2H3/t12?,13?,14?,18-,19+,20-/m0/s1. The summed E-state index contributed by atoms with van der Waals surface area (Å²) in [5.41, 5.74) is -1.03. The molecule has 3 unspecified atom stereocenters. The van der Waals surface area contributed by atoms with Crippen molar-refractivity contribution in [2.75, 3.05) is 13.2 Å². The zero-order valence-corrected chi connectivity index (χ0v) is 14.3. The summed E-state index contributed by atoms with van der Waals surface area (Å²) >= 11 is 0. The van der Waals surface area contributed by atoms with E-state index in [9.17, 15) is 19.5 Å². The SMILES string of the molecule is C=C1C=C2C[C@]3(C1=O)C(=O)C(CO)C1[C@@]4(C)CCC[C@@]1(C(=O)OC4)C23. The average Bonchev–Trinajstić information content (AvgIpc) is 2.55. The molecule has 3 saturated carbocycles. The van der Waals surface area contributed by atoms with Gasteiger partial charge >= 0.3 is 5.97 Å². The van der Waals surface area contributed by atoms with Crippen molar-refractivity contribution in [1.29, 1.82) is 0 Å². The summed E-state index contributed by atoms with van der Waals surface area (Å²) in [5, 5.41) is 10.1. The quantitative estimate of drug-likeness (QED) is 0.445. The van der Waals surface area contributed by atoms with E-state index in [0.29, 0.717) is 25.0 Å². The van der Waals surface area contributed by atoms with E-state index in [1.807, 2.05) is 0 Å². The van der Waals surface area contributed by atoms with Crippen LogP contribution in [0.2, 0.25) is 0 Å². The van der Waals surface area contributed by atoms with Crippen LogP contribution in [0.5, 0.6) is 0 Å². The van der Waals surface area contributed by atoms with Gasteiger partial charge in [-0.25, -0.2) is 0 Å². The number of ether oxygens (including phenoxy) is 1. The highest BCUT2D eigenvalue weighted by Gasteiger charge is 2.80. The van der Waals surface area contributed by atoms with Gasteiger partial charge in [-0.15, -0.1) is 0 Å². The number of fused-ring (bicyclic) bond motifs is 2. The fourth-order valence-electron chi connectivity index (χ4n) is 7.18. The van der Waals surface area contributed by atoms with Crippen molar-refractivity contribution in [2.45, 2.75) is 32.6 Å². The molecule has 6 rings (SSSR count). The fraction of sp³-hybridized carbons (Fsp3) is 0.650. The molecule has 0 aromatic carbocycles. The molecule has 4 bridgehead atoms. The molecule has 0 amide bonds. The Morgan fingerprint density at radius 2 is 2.08 bits per heavy atom. The number of Topliss-reactive ketones (excluding diaryl/α,β-unsaturated/α-hetero) is 2. The third-order valence-corrected chi connectivity index (χ3v) is 7.85. The highest BCUT2D eigenvalue weighted by molar-refractivity contribution is 6.21. The van der Waals surface area contributed by atoms with Gasteiger partial charge in [-0.05, 0) is 25.2 Å². The molecule has 1 N–H and O–H groups in total. The van der Waals surface area contributed by atoms with Crippen molar-refractivity contribution >= 4 is 17.5 Å². The van der Waals surface area contributed by atoms with Gasteiger partial charge in [0.2, 0.25) is 0 Å². The number of cyclic esters (lactones) is 1. The summed E-state index contributed by atoms with van der Waals surface area (Å²) in [6.07, 6.45) is 4.53. The maximum absolute atomic E-state index is 13.4. The minimum absolute atomic E-state index is 0.175. The Labute approximate surface area is 146 Å². The lowest BCUT2D eigenvalue weighted by Crippen LogP contribution is -2.76. The molecule has 25 heavy (non-hydrogen) atoms.